The van der Waals surface area contributed by atoms with Gasteiger partial charge >= 0.3 is 0 Å². The van der Waals surface area contributed by atoms with Gasteiger partial charge in [0.1, 0.15) is 0 Å². The first-order chi connectivity index (χ1) is 8.78. The summed E-state index contributed by atoms with van der Waals surface area (Å²) in [6, 6.07) is 4.17. The standard InChI is InChI=1S/C14H22BrN3/c1-2-18(10-12-4-3-7-16-8-12)11-14-6-5-13(15)9-17-14/h5-6,9,12,16H,2-4,7-8,10-11H2,1H3. The highest BCUT2D eigenvalue weighted by Crippen LogP contribution is 2.14. The van der Waals surface area contributed by atoms with Crippen molar-refractivity contribution in [2.75, 3.05) is 26.2 Å². The molecule has 2 rings (SSSR count). The van der Waals surface area contributed by atoms with Crippen molar-refractivity contribution in [2.24, 2.45) is 5.92 Å². The summed E-state index contributed by atoms with van der Waals surface area (Å²) in [4.78, 5) is 6.95. The number of nitrogens with one attached hydrogen (secondary N) is 1. The molecule has 1 aliphatic heterocycles. The second-order valence-electron chi connectivity index (χ2n) is 5.01. The Labute approximate surface area is 118 Å². The second-order valence-corrected chi connectivity index (χ2v) is 5.92. The van der Waals surface area contributed by atoms with E-state index in [4.69, 9.17) is 0 Å². The minimum Gasteiger partial charge on any atom is -0.316 e. The Kier molecular flexibility index (Phi) is 5.60. The molecule has 1 unspecified atom stereocenters. The molecule has 0 amide bonds. The van der Waals surface area contributed by atoms with E-state index in [0.717, 1.165) is 29.2 Å². The van der Waals surface area contributed by atoms with E-state index in [9.17, 15) is 0 Å². The minimum absolute atomic E-state index is 0.800. The van der Waals surface area contributed by atoms with Gasteiger partial charge in [-0.3, -0.25) is 9.88 Å². The van der Waals surface area contributed by atoms with Crippen LogP contribution in [0.25, 0.3) is 0 Å². The van der Waals surface area contributed by atoms with Crippen LogP contribution in [-0.4, -0.2) is 36.1 Å². The third-order valence-corrected chi connectivity index (χ3v) is 4.01. The smallest absolute Gasteiger partial charge is 0.0544 e. The highest BCUT2D eigenvalue weighted by atomic mass is 79.9. The van der Waals surface area contributed by atoms with E-state index in [-0.39, 0.29) is 0 Å². The Morgan fingerprint density at radius 3 is 3.00 bits per heavy atom. The predicted octanol–water partition coefficient (Wildman–Crippen LogP) is 2.67. The van der Waals surface area contributed by atoms with Gasteiger partial charge in [0.15, 0.2) is 0 Å². The quantitative estimate of drug-likeness (QED) is 0.906. The van der Waals surface area contributed by atoms with E-state index in [1.54, 1.807) is 0 Å². The highest BCUT2D eigenvalue weighted by molar-refractivity contribution is 9.10. The molecule has 0 bridgehead atoms. The minimum atomic E-state index is 0.800. The lowest BCUT2D eigenvalue weighted by Gasteiger charge is -2.29. The largest absolute Gasteiger partial charge is 0.316 e. The van der Waals surface area contributed by atoms with Crippen LogP contribution in [0.4, 0.5) is 0 Å². The molecule has 1 atom stereocenters. The normalized spacial score (nSPS) is 20.3. The summed E-state index contributed by atoms with van der Waals surface area (Å²) in [5.41, 5.74) is 1.16. The highest BCUT2D eigenvalue weighted by Gasteiger charge is 2.16. The molecule has 1 fully saturated rings. The van der Waals surface area contributed by atoms with Crippen LogP contribution in [0.2, 0.25) is 0 Å². The molecule has 1 aromatic heterocycles. The lowest BCUT2D eigenvalue weighted by molar-refractivity contribution is 0.208. The Hall–Kier alpha value is -0.450. The van der Waals surface area contributed by atoms with Gasteiger partial charge in [0.2, 0.25) is 0 Å². The molecular weight excluding hydrogens is 290 g/mol. The fourth-order valence-corrected chi connectivity index (χ4v) is 2.71. The average Bonchev–Trinajstić information content (AvgIpc) is 2.41. The Bertz CT molecular complexity index is 347. The molecule has 18 heavy (non-hydrogen) atoms. The van der Waals surface area contributed by atoms with Crippen LogP contribution < -0.4 is 5.32 Å². The molecule has 100 valence electrons. The van der Waals surface area contributed by atoms with E-state index in [0.29, 0.717) is 0 Å². The molecular formula is C14H22BrN3. The Balaban J connectivity index is 1.86. The van der Waals surface area contributed by atoms with Crippen molar-refractivity contribution in [2.45, 2.75) is 26.3 Å². The van der Waals surface area contributed by atoms with Crippen LogP contribution in [-0.2, 0) is 6.54 Å². The summed E-state index contributed by atoms with van der Waals surface area (Å²) in [7, 11) is 0. The van der Waals surface area contributed by atoms with Crippen molar-refractivity contribution in [1.29, 1.82) is 0 Å². The number of hydrogen-bond donors (Lipinski definition) is 1. The molecule has 0 aromatic carbocycles. The molecule has 1 aliphatic rings. The van der Waals surface area contributed by atoms with Crippen molar-refractivity contribution in [3.63, 3.8) is 0 Å². The number of aromatic nitrogens is 1. The zero-order valence-electron chi connectivity index (χ0n) is 11.0. The average molecular weight is 312 g/mol. The zero-order chi connectivity index (χ0) is 12.8. The van der Waals surface area contributed by atoms with Crippen molar-refractivity contribution >= 4 is 15.9 Å². The predicted molar refractivity (Wildman–Crippen MR) is 78.5 cm³/mol. The SMILES string of the molecule is CCN(Cc1ccc(Br)cn1)CC1CCCNC1. The molecule has 1 N–H and O–H groups in total. The fraction of sp³-hybridized carbons (Fsp3) is 0.643. The maximum absolute atomic E-state index is 4.45. The summed E-state index contributed by atoms with van der Waals surface area (Å²) < 4.78 is 1.05. The Morgan fingerprint density at radius 1 is 1.50 bits per heavy atom. The molecule has 1 saturated heterocycles. The van der Waals surface area contributed by atoms with Crippen LogP contribution in [0.3, 0.4) is 0 Å². The summed E-state index contributed by atoms with van der Waals surface area (Å²) in [5.74, 6) is 0.800. The first kappa shape index (κ1) is 14.0. The van der Waals surface area contributed by atoms with Crippen molar-refractivity contribution in [1.82, 2.24) is 15.2 Å². The van der Waals surface area contributed by atoms with Crippen LogP contribution in [0, 0.1) is 5.92 Å². The molecule has 0 saturated carbocycles. The number of halogens is 1. The molecule has 4 heteroatoms. The number of nitrogens with zero attached hydrogens (tertiary/aromatic N) is 2. The molecule has 3 nitrogen and oxygen atoms in total. The molecule has 0 aliphatic carbocycles. The summed E-state index contributed by atoms with van der Waals surface area (Å²) in [6.45, 7) is 7.83. The third kappa shape index (κ3) is 4.34. The van der Waals surface area contributed by atoms with E-state index >= 15 is 0 Å². The number of piperidine rings is 1. The fourth-order valence-electron chi connectivity index (χ4n) is 2.48. The van der Waals surface area contributed by atoms with Gasteiger partial charge in [0.05, 0.1) is 5.69 Å². The number of rotatable bonds is 5. The lowest BCUT2D eigenvalue weighted by atomic mass is 9.99. The van der Waals surface area contributed by atoms with Gasteiger partial charge in [-0.2, -0.15) is 0 Å². The summed E-state index contributed by atoms with van der Waals surface area (Å²) >= 11 is 3.42. The number of hydrogen-bond acceptors (Lipinski definition) is 3. The van der Waals surface area contributed by atoms with Crippen molar-refractivity contribution in [3.05, 3.63) is 28.5 Å². The van der Waals surface area contributed by atoms with Gasteiger partial charge in [0, 0.05) is 23.8 Å². The monoisotopic (exact) mass is 311 g/mol. The van der Waals surface area contributed by atoms with Gasteiger partial charge < -0.3 is 5.32 Å². The summed E-state index contributed by atoms with van der Waals surface area (Å²) in [6.07, 6.45) is 4.56. The lowest BCUT2D eigenvalue weighted by Crippen LogP contribution is -2.38. The van der Waals surface area contributed by atoms with Crippen molar-refractivity contribution in [3.8, 4) is 0 Å². The van der Waals surface area contributed by atoms with Crippen LogP contribution >= 0.6 is 15.9 Å². The van der Waals surface area contributed by atoms with Crippen LogP contribution in [0.5, 0.6) is 0 Å². The van der Waals surface area contributed by atoms with E-state index in [1.807, 2.05) is 6.20 Å². The van der Waals surface area contributed by atoms with Gasteiger partial charge in [0.25, 0.3) is 0 Å². The molecule has 0 radical (unpaired) electrons. The van der Waals surface area contributed by atoms with Gasteiger partial charge in [-0.15, -0.1) is 0 Å². The maximum Gasteiger partial charge on any atom is 0.0544 e. The van der Waals surface area contributed by atoms with Gasteiger partial charge in [-0.05, 0) is 66.5 Å². The van der Waals surface area contributed by atoms with Crippen LogP contribution in [0.15, 0.2) is 22.8 Å². The molecule has 0 spiro atoms. The third-order valence-electron chi connectivity index (χ3n) is 3.54. The van der Waals surface area contributed by atoms with E-state index in [2.05, 4.69) is 50.2 Å². The Morgan fingerprint density at radius 2 is 2.39 bits per heavy atom. The first-order valence-corrected chi connectivity index (χ1v) is 7.60. The molecule has 1 aromatic rings. The first-order valence-electron chi connectivity index (χ1n) is 6.81. The van der Waals surface area contributed by atoms with E-state index in [1.165, 1.54) is 32.5 Å². The zero-order valence-corrected chi connectivity index (χ0v) is 12.6. The van der Waals surface area contributed by atoms with Crippen LogP contribution in [0.1, 0.15) is 25.5 Å². The summed E-state index contributed by atoms with van der Waals surface area (Å²) in [5, 5.41) is 3.49. The topological polar surface area (TPSA) is 28.2 Å². The maximum atomic E-state index is 4.45. The van der Waals surface area contributed by atoms with Gasteiger partial charge in [-0.25, -0.2) is 0 Å². The van der Waals surface area contributed by atoms with Crippen molar-refractivity contribution < 1.29 is 0 Å². The number of pyridine rings is 1. The van der Waals surface area contributed by atoms with Gasteiger partial charge in [-0.1, -0.05) is 6.92 Å². The molecule has 2 heterocycles. The van der Waals surface area contributed by atoms with E-state index < -0.39 is 0 Å². The second kappa shape index (κ2) is 7.22.